The van der Waals surface area contributed by atoms with E-state index < -0.39 is 5.97 Å². The van der Waals surface area contributed by atoms with Gasteiger partial charge in [0.05, 0.1) is 6.61 Å². The van der Waals surface area contributed by atoms with Gasteiger partial charge in [-0.3, -0.25) is 0 Å². The third kappa shape index (κ3) is 3.88. The molecule has 0 fully saturated rings. The highest BCUT2D eigenvalue weighted by atomic mass is 16.5. The standard InChI is InChI=1S/C20H19NO4/c1-3-23-20(22)18-14(2)25-21-19(18)16-9-11-17(12-10-16)24-13-15-7-5-4-6-8-15/h4-12H,3,13H2,1-2H3. The Balaban J connectivity index is 1.76. The molecule has 0 saturated carbocycles. The molecule has 0 bridgehead atoms. The van der Waals surface area contributed by atoms with Crippen LogP contribution in [0.4, 0.5) is 0 Å². The molecule has 5 nitrogen and oxygen atoms in total. The highest BCUT2D eigenvalue weighted by molar-refractivity contribution is 5.97. The van der Waals surface area contributed by atoms with E-state index in [-0.39, 0.29) is 0 Å². The van der Waals surface area contributed by atoms with E-state index in [0.717, 1.165) is 16.9 Å². The number of aromatic nitrogens is 1. The number of aryl methyl sites for hydroxylation is 1. The summed E-state index contributed by atoms with van der Waals surface area (Å²) in [5.74, 6) is 0.754. The van der Waals surface area contributed by atoms with Gasteiger partial charge in [-0.05, 0) is 43.7 Å². The number of ether oxygens (including phenoxy) is 2. The predicted molar refractivity (Wildman–Crippen MR) is 93.4 cm³/mol. The summed E-state index contributed by atoms with van der Waals surface area (Å²) in [7, 11) is 0. The quantitative estimate of drug-likeness (QED) is 0.624. The van der Waals surface area contributed by atoms with E-state index in [1.54, 1.807) is 13.8 Å². The summed E-state index contributed by atoms with van der Waals surface area (Å²) in [6.07, 6.45) is 0. The van der Waals surface area contributed by atoms with Gasteiger partial charge in [0.25, 0.3) is 0 Å². The van der Waals surface area contributed by atoms with Crippen molar-refractivity contribution < 1.29 is 18.8 Å². The monoisotopic (exact) mass is 337 g/mol. The Morgan fingerprint density at radius 3 is 2.48 bits per heavy atom. The van der Waals surface area contributed by atoms with Crippen LogP contribution in [0.5, 0.6) is 5.75 Å². The minimum Gasteiger partial charge on any atom is -0.489 e. The van der Waals surface area contributed by atoms with Gasteiger partial charge in [0.15, 0.2) is 0 Å². The Labute approximate surface area is 146 Å². The fourth-order valence-electron chi connectivity index (χ4n) is 2.46. The molecule has 3 aromatic rings. The average Bonchev–Trinajstić information content (AvgIpc) is 3.03. The highest BCUT2D eigenvalue weighted by Gasteiger charge is 2.22. The summed E-state index contributed by atoms with van der Waals surface area (Å²) in [5, 5.41) is 4.00. The fraction of sp³-hybridized carbons (Fsp3) is 0.200. The minimum absolute atomic E-state index is 0.301. The van der Waals surface area contributed by atoms with Crippen LogP contribution in [0.1, 0.15) is 28.6 Å². The van der Waals surface area contributed by atoms with E-state index in [2.05, 4.69) is 5.16 Å². The van der Waals surface area contributed by atoms with Gasteiger partial charge >= 0.3 is 5.97 Å². The number of esters is 1. The van der Waals surface area contributed by atoms with Crippen molar-refractivity contribution in [2.75, 3.05) is 6.61 Å². The van der Waals surface area contributed by atoms with Gasteiger partial charge in [-0.2, -0.15) is 0 Å². The Morgan fingerprint density at radius 2 is 1.80 bits per heavy atom. The molecule has 1 aromatic heterocycles. The number of hydrogen-bond acceptors (Lipinski definition) is 5. The summed E-state index contributed by atoms with van der Waals surface area (Å²) >= 11 is 0. The number of benzene rings is 2. The molecule has 0 aliphatic rings. The van der Waals surface area contributed by atoms with Gasteiger partial charge in [-0.15, -0.1) is 0 Å². The second-order valence-electron chi connectivity index (χ2n) is 5.48. The lowest BCUT2D eigenvalue weighted by Gasteiger charge is -2.07. The first kappa shape index (κ1) is 16.8. The van der Waals surface area contributed by atoms with Crippen LogP contribution in [0.3, 0.4) is 0 Å². The van der Waals surface area contributed by atoms with Crippen molar-refractivity contribution in [3.05, 3.63) is 71.5 Å². The van der Waals surface area contributed by atoms with Crippen molar-refractivity contribution in [1.82, 2.24) is 5.16 Å². The molecular weight excluding hydrogens is 318 g/mol. The second-order valence-corrected chi connectivity index (χ2v) is 5.48. The molecule has 25 heavy (non-hydrogen) atoms. The van der Waals surface area contributed by atoms with Crippen LogP contribution in [0.2, 0.25) is 0 Å². The van der Waals surface area contributed by atoms with E-state index in [1.165, 1.54) is 0 Å². The smallest absolute Gasteiger partial charge is 0.344 e. The Hall–Kier alpha value is -3.08. The Bertz CT molecular complexity index is 838. The summed E-state index contributed by atoms with van der Waals surface area (Å²) < 4.78 is 16.0. The number of rotatable bonds is 6. The predicted octanol–water partition coefficient (Wildman–Crippen LogP) is 4.41. The van der Waals surface area contributed by atoms with Gasteiger partial charge in [0, 0.05) is 5.56 Å². The van der Waals surface area contributed by atoms with Crippen LogP contribution >= 0.6 is 0 Å². The van der Waals surface area contributed by atoms with Crippen LogP contribution in [0.25, 0.3) is 11.3 Å². The normalized spacial score (nSPS) is 10.5. The van der Waals surface area contributed by atoms with Crippen molar-refractivity contribution in [2.45, 2.75) is 20.5 Å². The van der Waals surface area contributed by atoms with E-state index in [4.69, 9.17) is 14.0 Å². The minimum atomic E-state index is -0.430. The van der Waals surface area contributed by atoms with E-state index in [1.807, 2.05) is 54.6 Å². The van der Waals surface area contributed by atoms with Crippen molar-refractivity contribution in [3.8, 4) is 17.0 Å². The maximum Gasteiger partial charge on any atom is 0.344 e. The number of carbonyl (C=O) groups excluding carboxylic acids is 1. The van der Waals surface area contributed by atoms with Gasteiger partial charge in [-0.25, -0.2) is 4.79 Å². The molecule has 0 unspecified atom stereocenters. The number of hydrogen-bond donors (Lipinski definition) is 0. The topological polar surface area (TPSA) is 61.6 Å². The SMILES string of the molecule is CCOC(=O)c1c(-c2ccc(OCc3ccccc3)cc2)noc1C. The molecule has 0 radical (unpaired) electrons. The molecule has 0 saturated heterocycles. The molecule has 5 heteroatoms. The van der Waals surface area contributed by atoms with Crippen LogP contribution in [0, 0.1) is 6.92 Å². The first-order valence-corrected chi connectivity index (χ1v) is 8.09. The maximum atomic E-state index is 12.1. The molecule has 128 valence electrons. The summed E-state index contributed by atoms with van der Waals surface area (Å²) in [6.45, 7) is 4.26. The lowest BCUT2D eigenvalue weighted by atomic mass is 10.1. The largest absolute Gasteiger partial charge is 0.489 e. The van der Waals surface area contributed by atoms with Crippen molar-refractivity contribution in [3.63, 3.8) is 0 Å². The molecule has 0 amide bonds. The lowest BCUT2D eigenvalue weighted by molar-refractivity contribution is 0.0525. The maximum absolute atomic E-state index is 12.1. The molecule has 0 spiro atoms. The Kier molecular flexibility index (Phi) is 5.14. The summed E-state index contributed by atoms with van der Waals surface area (Å²) in [4.78, 5) is 12.1. The van der Waals surface area contributed by atoms with Crippen LogP contribution in [-0.2, 0) is 11.3 Å². The fourth-order valence-corrected chi connectivity index (χ4v) is 2.46. The zero-order valence-corrected chi connectivity index (χ0v) is 14.2. The lowest BCUT2D eigenvalue weighted by Crippen LogP contribution is -2.06. The average molecular weight is 337 g/mol. The molecular formula is C20H19NO4. The number of nitrogens with zero attached hydrogens (tertiary/aromatic N) is 1. The van der Waals surface area contributed by atoms with Crippen LogP contribution in [-0.4, -0.2) is 17.7 Å². The molecule has 0 atom stereocenters. The van der Waals surface area contributed by atoms with Gasteiger partial charge in [0.2, 0.25) is 0 Å². The summed E-state index contributed by atoms with van der Waals surface area (Å²) in [5.41, 5.74) is 2.71. The molecule has 3 rings (SSSR count). The number of carbonyl (C=O) groups is 1. The third-order valence-corrected chi connectivity index (χ3v) is 3.72. The van der Waals surface area contributed by atoms with E-state index in [0.29, 0.717) is 30.2 Å². The zero-order valence-electron chi connectivity index (χ0n) is 14.2. The molecule has 1 heterocycles. The first-order chi connectivity index (χ1) is 12.2. The molecule has 0 aliphatic carbocycles. The van der Waals surface area contributed by atoms with Gasteiger partial charge in [0.1, 0.15) is 29.4 Å². The molecule has 0 aliphatic heterocycles. The van der Waals surface area contributed by atoms with Crippen LogP contribution in [0.15, 0.2) is 59.1 Å². The molecule has 0 N–H and O–H groups in total. The van der Waals surface area contributed by atoms with Crippen molar-refractivity contribution >= 4 is 5.97 Å². The van der Waals surface area contributed by atoms with Crippen LogP contribution < -0.4 is 4.74 Å². The van der Waals surface area contributed by atoms with Crippen molar-refractivity contribution in [2.24, 2.45) is 0 Å². The molecule has 2 aromatic carbocycles. The zero-order chi connectivity index (χ0) is 17.6. The third-order valence-electron chi connectivity index (χ3n) is 3.72. The van der Waals surface area contributed by atoms with E-state index in [9.17, 15) is 4.79 Å². The van der Waals surface area contributed by atoms with Crippen molar-refractivity contribution in [1.29, 1.82) is 0 Å². The highest BCUT2D eigenvalue weighted by Crippen LogP contribution is 2.27. The van der Waals surface area contributed by atoms with E-state index >= 15 is 0 Å². The van der Waals surface area contributed by atoms with Gasteiger partial charge < -0.3 is 14.0 Å². The van der Waals surface area contributed by atoms with Gasteiger partial charge in [-0.1, -0.05) is 35.5 Å². The first-order valence-electron chi connectivity index (χ1n) is 8.09. The Morgan fingerprint density at radius 1 is 1.08 bits per heavy atom. The second kappa shape index (κ2) is 7.66. The summed E-state index contributed by atoms with van der Waals surface area (Å²) in [6, 6.07) is 17.3.